The number of carbonyl (C=O) groups is 2. The lowest BCUT2D eigenvalue weighted by Gasteiger charge is -2.11. The van der Waals surface area contributed by atoms with E-state index < -0.39 is 23.0 Å². The third-order valence-corrected chi connectivity index (χ3v) is 4.30. The van der Waals surface area contributed by atoms with Crippen LogP contribution < -0.4 is 0 Å². The molecule has 0 fully saturated rings. The van der Waals surface area contributed by atoms with Gasteiger partial charge in [0, 0.05) is 0 Å². The molecule has 8 heteroatoms. The summed E-state index contributed by atoms with van der Waals surface area (Å²) in [5, 5.41) is 8.67. The first kappa shape index (κ1) is 16.1. The van der Waals surface area contributed by atoms with E-state index in [1.165, 1.54) is 6.07 Å². The third kappa shape index (κ3) is 3.52. The molecule has 18 heavy (non-hydrogen) atoms. The van der Waals surface area contributed by atoms with Crippen LogP contribution in [0, 0.1) is 0 Å². The van der Waals surface area contributed by atoms with Crippen molar-refractivity contribution >= 4 is 74.1 Å². The Morgan fingerprint density at radius 3 is 2.22 bits per heavy atom. The van der Waals surface area contributed by atoms with Gasteiger partial charge in [0.1, 0.15) is 0 Å². The van der Waals surface area contributed by atoms with Crippen molar-refractivity contribution < 1.29 is 14.7 Å². The Hall–Kier alpha value is -0.000000000000000167. The van der Waals surface area contributed by atoms with Gasteiger partial charge in [0.15, 0.2) is 5.78 Å². The Morgan fingerprint density at radius 1 is 1.17 bits per heavy atom. The van der Waals surface area contributed by atoms with Crippen LogP contribution in [0.2, 0.25) is 20.1 Å². The Bertz CT molecular complexity index is 518. The molecule has 0 aliphatic carbocycles. The summed E-state index contributed by atoms with van der Waals surface area (Å²) in [5.41, 5.74) is -0.0455. The minimum atomic E-state index is -1.13. The molecule has 1 aromatic rings. The molecule has 0 saturated heterocycles. The molecule has 98 valence electrons. The average Bonchev–Trinajstić information content (AvgIpc) is 2.25. The number of ketones is 1. The summed E-state index contributed by atoms with van der Waals surface area (Å²) in [6.45, 7) is 0. The number of aliphatic carboxylic acids is 1. The van der Waals surface area contributed by atoms with Crippen molar-refractivity contribution in [3.8, 4) is 0 Å². The molecule has 0 aromatic heterocycles. The van der Waals surface area contributed by atoms with Gasteiger partial charge in [-0.15, -0.1) is 0 Å². The van der Waals surface area contributed by atoms with E-state index in [1.54, 1.807) is 0 Å². The number of carbonyl (C=O) groups excluding carboxylic acids is 1. The summed E-state index contributed by atoms with van der Waals surface area (Å²) >= 11 is 26.3. The van der Waals surface area contributed by atoms with E-state index in [-0.39, 0.29) is 25.7 Å². The van der Waals surface area contributed by atoms with Crippen LogP contribution in [0.4, 0.5) is 0 Å². The van der Waals surface area contributed by atoms with Crippen LogP contribution in [0.1, 0.15) is 16.8 Å². The monoisotopic (exact) mass is 392 g/mol. The maximum absolute atomic E-state index is 12.0. The van der Waals surface area contributed by atoms with Gasteiger partial charge in [-0.05, 0) is 6.07 Å². The number of benzene rings is 1. The van der Waals surface area contributed by atoms with Crippen molar-refractivity contribution in [2.45, 2.75) is 11.2 Å². The molecule has 1 N–H and O–H groups in total. The Morgan fingerprint density at radius 2 is 1.72 bits per heavy atom. The second-order valence-electron chi connectivity index (χ2n) is 3.27. The standard InChI is InChI=1S/C10H5BrCl4O3/c11-3(1-6(16)17)10(18)7-4(12)2-5(13)8(14)9(7)15/h2-3H,1H2,(H,16,17). The van der Waals surface area contributed by atoms with Crippen LogP contribution in [0.15, 0.2) is 6.07 Å². The van der Waals surface area contributed by atoms with Crippen molar-refractivity contribution in [3.63, 3.8) is 0 Å². The molecule has 0 radical (unpaired) electrons. The van der Waals surface area contributed by atoms with Crippen LogP contribution in [0.25, 0.3) is 0 Å². The molecule has 0 aliphatic rings. The van der Waals surface area contributed by atoms with Gasteiger partial charge in [0.2, 0.25) is 0 Å². The molecule has 0 heterocycles. The number of halogens is 5. The quantitative estimate of drug-likeness (QED) is 0.348. The van der Waals surface area contributed by atoms with Gasteiger partial charge in [-0.3, -0.25) is 9.59 Å². The highest BCUT2D eigenvalue weighted by Gasteiger charge is 2.26. The first-order chi connectivity index (χ1) is 8.25. The number of hydrogen-bond acceptors (Lipinski definition) is 2. The van der Waals surface area contributed by atoms with Gasteiger partial charge in [0.05, 0.1) is 36.9 Å². The molecule has 1 aromatic carbocycles. The van der Waals surface area contributed by atoms with Gasteiger partial charge in [-0.2, -0.15) is 0 Å². The Labute approximate surface area is 131 Å². The minimum absolute atomic E-state index is 0.00103. The lowest BCUT2D eigenvalue weighted by molar-refractivity contribution is -0.136. The van der Waals surface area contributed by atoms with Crippen LogP contribution >= 0.6 is 62.3 Å². The van der Waals surface area contributed by atoms with E-state index in [1.807, 2.05) is 0 Å². The summed E-state index contributed by atoms with van der Waals surface area (Å²) in [6, 6.07) is 1.28. The van der Waals surface area contributed by atoms with Gasteiger partial charge in [-0.25, -0.2) is 0 Å². The van der Waals surface area contributed by atoms with Crippen LogP contribution in [0.3, 0.4) is 0 Å². The van der Waals surface area contributed by atoms with E-state index in [0.29, 0.717) is 0 Å². The summed E-state index contributed by atoms with van der Waals surface area (Å²) in [6.07, 6.45) is -0.397. The zero-order valence-corrected chi connectivity index (χ0v) is 13.1. The lowest BCUT2D eigenvalue weighted by atomic mass is 10.1. The van der Waals surface area contributed by atoms with Crippen LogP contribution in [-0.2, 0) is 4.79 Å². The number of Topliss-reactive ketones (excluding diaryl/α,β-unsaturated/α-hetero) is 1. The SMILES string of the molecule is O=C(O)CC(Br)C(=O)c1c(Cl)cc(Cl)c(Cl)c1Cl. The molecule has 0 amide bonds. The molecule has 1 atom stereocenters. The fourth-order valence-electron chi connectivity index (χ4n) is 1.19. The molecule has 0 aliphatic heterocycles. The van der Waals surface area contributed by atoms with Gasteiger partial charge in [-0.1, -0.05) is 62.3 Å². The fraction of sp³-hybridized carbons (Fsp3) is 0.200. The molecule has 0 spiro atoms. The summed E-state index contributed by atoms with van der Waals surface area (Å²) in [5.74, 6) is -1.69. The maximum Gasteiger partial charge on any atom is 0.304 e. The van der Waals surface area contributed by atoms with E-state index in [2.05, 4.69) is 15.9 Å². The van der Waals surface area contributed by atoms with E-state index >= 15 is 0 Å². The van der Waals surface area contributed by atoms with Crippen molar-refractivity contribution in [3.05, 3.63) is 31.7 Å². The van der Waals surface area contributed by atoms with Gasteiger partial charge >= 0.3 is 5.97 Å². The lowest BCUT2D eigenvalue weighted by Crippen LogP contribution is -2.19. The highest BCUT2D eigenvalue weighted by molar-refractivity contribution is 9.10. The number of carboxylic acid groups (broad SMARTS) is 1. The second-order valence-corrected chi connectivity index (χ2v) is 5.95. The van der Waals surface area contributed by atoms with E-state index in [9.17, 15) is 9.59 Å². The second kappa shape index (κ2) is 6.44. The van der Waals surface area contributed by atoms with Gasteiger partial charge < -0.3 is 5.11 Å². The molecule has 0 saturated carbocycles. The first-order valence-electron chi connectivity index (χ1n) is 4.48. The van der Waals surface area contributed by atoms with Crippen molar-refractivity contribution in [2.75, 3.05) is 0 Å². The van der Waals surface area contributed by atoms with Crippen molar-refractivity contribution in [2.24, 2.45) is 0 Å². The Kier molecular flexibility index (Phi) is 5.74. The van der Waals surface area contributed by atoms with Gasteiger partial charge in [0.25, 0.3) is 0 Å². The molecule has 1 unspecified atom stereocenters. The van der Waals surface area contributed by atoms with Crippen molar-refractivity contribution in [1.29, 1.82) is 0 Å². The predicted octanol–water partition coefficient (Wildman–Crippen LogP) is 4.72. The molecule has 1 rings (SSSR count). The first-order valence-corrected chi connectivity index (χ1v) is 6.91. The largest absolute Gasteiger partial charge is 0.481 e. The van der Waals surface area contributed by atoms with E-state index in [0.717, 1.165) is 0 Å². The average molecular weight is 395 g/mol. The number of alkyl halides is 1. The zero-order valence-electron chi connectivity index (χ0n) is 8.52. The van der Waals surface area contributed by atoms with Crippen molar-refractivity contribution in [1.82, 2.24) is 0 Å². The highest BCUT2D eigenvalue weighted by Crippen LogP contribution is 2.38. The molecular weight excluding hydrogens is 390 g/mol. The number of rotatable bonds is 4. The third-order valence-electron chi connectivity index (χ3n) is 2.00. The topological polar surface area (TPSA) is 54.4 Å². The van der Waals surface area contributed by atoms with Crippen LogP contribution in [0.5, 0.6) is 0 Å². The summed E-state index contributed by atoms with van der Waals surface area (Å²) in [7, 11) is 0. The number of carboxylic acids is 1. The van der Waals surface area contributed by atoms with Crippen LogP contribution in [-0.4, -0.2) is 21.7 Å². The predicted molar refractivity (Wildman–Crippen MR) is 75.8 cm³/mol. The minimum Gasteiger partial charge on any atom is -0.481 e. The summed E-state index contributed by atoms with van der Waals surface area (Å²) in [4.78, 5) is 21.6. The van der Waals surface area contributed by atoms with E-state index in [4.69, 9.17) is 51.5 Å². The fourth-order valence-corrected chi connectivity index (χ4v) is 2.80. The normalized spacial score (nSPS) is 12.3. The molecule has 3 nitrogen and oxygen atoms in total. The maximum atomic E-state index is 12.0. The molecular formula is C10H5BrCl4O3. The Balaban J connectivity index is 3.21. The zero-order chi connectivity index (χ0) is 14.0. The smallest absolute Gasteiger partial charge is 0.304 e. The highest BCUT2D eigenvalue weighted by atomic mass is 79.9. The summed E-state index contributed by atoms with van der Waals surface area (Å²) < 4.78 is 0. The molecule has 0 bridgehead atoms. The number of hydrogen-bond donors (Lipinski definition) is 1.